The Balaban J connectivity index is 1.31. The zero-order chi connectivity index (χ0) is 17.5. The summed E-state index contributed by atoms with van der Waals surface area (Å²) in [6.45, 7) is 1.60. The molecule has 6 heteroatoms. The van der Waals surface area contributed by atoms with Crippen LogP contribution in [0.15, 0.2) is 36.8 Å². The number of aromatic nitrogens is 4. The van der Waals surface area contributed by atoms with Gasteiger partial charge in [-0.25, -0.2) is 0 Å². The molecule has 0 unspecified atom stereocenters. The minimum absolute atomic E-state index is 0.206. The molecule has 1 N–H and O–H groups in total. The van der Waals surface area contributed by atoms with Crippen molar-refractivity contribution in [3.05, 3.63) is 48.2 Å². The van der Waals surface area contributed by atoms with Crippen molar-refractivity contribution >= 4 is 16.8 Å². The van der Waals surface area contributed by atoms with E-state index in [0.29, 0.717) is 18.4 Å². The van der Waals surface area contributed by atoms with Crippen LogP contribution in [0.4, 0.5) is 0 Å². The highest BCUT2D eigenvalue weighted by molar-refractivity contribution is 5.88. The highest BCUT2D eigenvalue weighted by Gasteiger charge is 2.32. The summed E-state index contributed by atoms with van der Waals surface area (Å²) in [5.74, 6) is 1.58. The van der Waals surface area contributed by atoms with Crippen LogP contribution in [0.25, 0.3) is 10.9 Å². The first-order chi connectivity index (χ1) is 12.8. The van der Waals surface area contributed by atoms with Gasteiger partial charge in [0.2, 0.25) is 5.91 Å². The first-order valence-electron chi connectivity index (χ1n) is 9.52. The quantitative estimate of drug-likeness (QED) is 0.787. The highest BCUT2D eigenvalue weighted by atomic mass is 16.2. The molecule has 1 saturated carbocycles. The first-order valence-corrected chi connectivity index (χ1v) is 9.52. The number of rotatable bonds is 4. The minimum Gasteiger partial charge on any atom is -0.361 e. The molecule has 3 heterocycles. The third kappa shape index (κ3) is 2.79. The molecule has 1 amide bonds. The van der Waals surface area contributed by atoms with Crippen molar-refractivity contribution in [2.24, 2.45) is 0 Å². The van der Waals surface area contributed by atoms with Gasteiger partial charge in [-0.2, -0.15) is 0 Å². The van der Waals surface area contributed by atoms with Crippen LogP contribution < -0.4 is 0 Å². The van der Waals surface area contributed by atoms with Crippen LogP contribution in [0.1, 0.15) is 49.0 Å². The molecule has 3 aromatic rings. The van der Waals surface area contributed by atoms with Crippen LogP contribution in [-0.4, -0.2) is 43.6 Å². The number of hydrogen-bond donors (Lipinski definition) is 1. The number of aromatic amines is 1. The number of carbonyl (C=O) groups excluding carboxylic acids is 1. The number of nitrogens with zero attached hydrogens (tertiary/aromatic N) is 4. The number of para-hydroxylation sites is 1. The summed E-state index contributed by atoms with van der Waals surface area (Å²) < 4.78 is 2.23. The smallest absolute Gasteiger partial charge is 0.227 e. The van der Waals surface area contributed by atoms with Crippen molar-refractivity contribution in [2.45, 2.75) is 44.1 Å². The Labute approximate surface area is 152 Å². The Morgan fingerprint density at radius 3 is 3.00 bits per heavy atom. The number of hydrogen-bond acceptors (Lipinski definition) is 3. The lowest BCUT2D eigenvalue weighted by Crippen LogP contribution is -2.40. The molecule has 0 spiro atoms. The molecule has 1 aliphatic heterocycles. The maximum Gasteiger partial charge on any atom is 0.227 e. The summed E-state index contributed by atoms with van der Waals surface area (Å²) >= 11 is 0. The fourth-order valence-corrected chi connectivity index (χ4v) is 4.14. The summed E-state index contributed by atoms with van der Waals surface area (Å²) in [7, 11) is 0. The molecule has 1 aromatic carbocycles. The Kier molecular flexibility index (Phi) is 3.76. The van der Waals surface area contributed by atoms with Gasteiger partial charge in [-0.05, 0) is 37.3 Å². The second-order valence-corrected chi connectivity index (χ2v) is 7.54. The van der Waals surface area contributed by atoms with Crippen LogP contribution in [0, 0.1) is 0 Å². The molecule has 1 atom stereocenters. The largest absolute Gasteiger partial charge is 0.361 e. The monoisotopic (exact) mass is 349 g/mol. The van der Waals surface area contributed by atoms with E-state index < -0.39 is 0 Å². The zero-order valence-corrected chi connectivity index (χ0v) is 14.8. The van der Waals surface area contributed by atoms with Gasteiger partial charge in [0, 0.05) is 42.1 Å². The van der Waals surface area contributed by atoms with Crippen LogP contribution in [0.5, 0.6) is 0 Å². The van der Waals surface area contributed by atoms with Crippen molar-refractivity contribution in [3.8, 4) is 0 Å². The Morgan fingerprint density at radius 2 is 2.12 bits per heavy atom. The van der Waals surface area contributed by atoms with E-state index in [0.717, 1.165) is 48.2 Å². The summed E-state index contributed by atoms with van der Waals surface area (Å²) in [6, 6.07) is 8.73. The maximum absolute atomic E-state index is 12.9. The van der Waals surface area contributed by atoms with Gasteiger partial charge in [-0.1, -0.05) is 18.2 Å². The summed E-state index contributed by atoms with van der Waals surface area (Å²) in [6.07, 6.45) is 8.84. The molecule has 2 aromatic heterocycles. The molecule has 1 aliphatic carbocycles. The fourth-order valence-electron chi connectivity index (χ4n) is 4.14. The number of nitrogens with one attached hydrogen (secondary N) is 1. The average Bonchev–Trinajstić information content (AvgIpc) is 3.27. The van der Waals surface area contributed by atoms with E-state index >= 15 is 0 Å². The Morgan fingerprint density at radius 1 is 1.23 bits per heavy atom. The molecular formula is C20H23N5O. The molecule has 2 aliphatic rings. The zero-order valence-electron chi connectivity index (χ0n) is 14.8. The SMILES string of the molecule is O=C(Cc1c[nH]c2ccccc12)N1CCC[C@H](c2nncn2C2CC2)C1. The third-order valence-corrected chi connectivity index (χ3v) is 5.70. The van der Waals surface area contributed by atoms with Gasteiger partial charge in [-0.3, -0.25) is 4.79 Å². The van der Waals surface area contributed by atoms with Crippen LogP contribution in [-0.2, 0) is 11.2 Å². The molecule has 2 fully saturated rings. The predicted octanol–water partition coefficient (Wildman–Crippen LogP) is 3.04. The molecule has 0 bridgehead atoms. The van der Waals surface area contributed by atoms with Gasteiger partial charge in [0.05, 0.1) is 6.42 Å². The van der Waals surface area contributed by atoms with Gasteiger partial charge in [-0.15, -0.1) is 10.2 Å². The van der Waals surface area contributed by atoms with Crippen molar-refractivity contribution in [1.82, 2.24) is 24.6 Å². The number of benzene rings is 1. The number of H-pyrrole nitrogens is 1. The molecule has 5 rings (SSSR count). The average molecular weight is 349 g/mol. The van der Waals surface area contributed by atoms with E-state index in [1.165, 1.54) is 12.8 Å². The number of fused-ring (bicyclic) bond motifs is 1. The Hall–Kier alpha value is -2.63. The van der Waals surface area contributed by atoms with Gasteiger partial charge in [0.25, 0.3) is 0 Å². The highest BCUT2D eigenvalue weighted by Crippen LogP contribution is 2.38. The second kappa shape index (κ2) is 6.27. The van der Waals surface area contributed by atoms with Crippen LogP contribution >= 0.6 is 0 Å². The van der Waals surface area contributed by atoms with Gasteiger partial charge in [0.1, 0.15) is 12.2 Å². The van der Waals surface area contributed by atoms with Crippen molar-refractivity contribution < 1.29 is 4.79 Å². The van der Waals surface area contributed by atoms with E-state index in [1.54, 1.807) is 0 Å². The van der Waals surface area contributed by atoms with Crippen molar-refractivity contribution in [1.29, 1.82) is 0 Å². The van der Waals surface area contributed by atoms with E-state index in [9.17, 15) is 4.79 Å². The van der Waals surface area contributed by atoms with Crippen LogP contribution in [0.2, 0.25) is 0 Å². The lowest BCUT2D eigenvalue weighted by atomic mass is 9.96. The maximum atomic E-state index is 12.9. The predicted molar refractivity (Wildman–Crippen MR) is 98.9 cm³/mol. The molecular weight excluding hydrogens is 326 g/mol. The lowest BCUT2D eigenvalue weighted by molar-refractivity contribution is -0.131. The molecule has 26 heavy (non-hydrogen) atoms. The van der Waals surface area contributed by atoms with Gasteiger partial charge >= 0.3 is 0 Å². The molecule has 0 radical (unpaired) electrons. The standard InChI is InChI=1S/C20H23N5O/c26-19(10-15-11-21-18-6-2-1-5-17(15)18)24-9-3-4-14(12-24)20-23-22-13-25(20)16-7-8-16/h1-2,5-6,11,13-14,16,21H,3-4,7-10,12H2/t14-/m0/s1. The third-order valence-electron chi connectivity index (χ3n) is 5.70. The summed E-state index contributed by atoms with van der Waals surface area (Å²) in [5, 5.41) is 9.65. The fraction of sp³-hybridized carbons (Fsp3) is 0.450. The first kappa shape index (κ1) is 15.6. The number of piperidine rings is 1. The normalized spacial score (nSPS) is 20.6. The van der Waals surface area contributed by atoms with Gasteiger partial charge in [0.15, 0.2) is 0 Å². The number of amides is 1. The summed E-state index contributed by atoms with van der Waals surface area (Å²) in [5.41, 5.74) is 2.17. The number of carbonyl (C=O) groups is 1. The van der Waals surface area contributed by atoms with E-state index in [4.69, 9.17) is 0 Å². The summed E-state index contributed by atoms with van der Waals surface area (Å²) in [4.78, 5) is 18.2. The van der Waals surface area contributed by atoms with E-state index in [1.807, 2.05) is 35.6 Å². The topological polar surface area (TPSA) is 66.8 Å². The van der Waals surface area contributed by atoms with Crippen molar-refractivity contribution in [3.63, 3.8) is 0 Å². The Bertz CT molecular complexity index is 938. The minimum atomic E-state index is 0.206. The second-order valence-electron chi connectivity index (χ2n) is 7.54. The molecule has 1 saturated heterocycles. The molecule has 134 valence electrons. The van der Waals surface area contributed by atoms with Crippen LogP contribution in [0.3, 0.4) is 0 Å². The van der Waals surface area contributed by atoms with Crippen molar-refractivity contribution in [2.75, 3.05) is 13.1 Å². The van der Waals surface area contributed by atoms with E-state index in [-0.39, 0.29) is 5.91 Å². The van der Waals surface area contributed by atoms with Gasteiger partial charge < -0.3 is 14.5 Å². The molecule has 6 nitrogen and oxygen atoms in total. The van der Waals surface area contributed by atoms with E-state index in [2.05, 4.69) is 25.8 Å². The lowest BCUT2D eigenvalue weighted by Gasteiger charge is -2.32. The number of likely N-dealkylation sites (tertiary alicyclic amines) is 1.